The summed E-state index contributed by atoms with van der Waals surface area (Å²) in [5.74, 6) is 1.95. The molecule has 1 aromatic heterocycles. The van der Waals surface area contributed by atoms with Crippen LogP contribution in [0.5, 0.6) is 0 Å². The van der Waals surface area contributed by atoms with Crippen molar-refractivity contribution in [2.24, 2.45) is 5.92 Å². The molecule has 2 aliphatic carbocycles. The highest BCUT2D eigenvalue weighted by atomic mass is 127. The zero-order chi connectivity index (χ0) is 14.8. The van der Waals surface area contributed by atoms with Crippen molar-refractivity contribution in [3.63, 3.8) is 0 Å². The zero-order valence-corrected chi connectivity index (χ0v) is 15.4. The fourth-order valence-corrected chi connectivity index (χ4v) is 4.11. The molecule has 0 amide bonds. The van der Waals surface area contributed by atoms with Crippen molar-refractivity contribution in [1.82, 2.24) is 9.97 Å². The third-order valence-electron chi connectivity index (χ3n) is 4.50. The van der Waals surface area contributed by atoms with Gasteiger partial charge in [-0.1, -0.05) is 30.9 Å². The van der Waals surface area contributed by atoms with Crippen molar-refractivity contribution in [3.8, 4) is 0 Å². The van der Waals surface area contributed by atoms with E-state index >= 15 is 0 Å². The summed E-state index contributed by atoms with van der Waals surface area (Å²) < 4.78 is 7.06. The Kier molecular flexibility index (Phi) is 5.38. The number of ether oxygens (including phenoxy) is 1. The van der Waals surface area contributed by atoms with E-state index in [1.54, 1.807) is 0 Å². The van der Waals surface area contributed by atoms with E-state index in [0.717, 1.165) is 15.1 Å². The van der Waals surface area contributed by atoms with Gasteiger partial charge in [-0.25, -0.2) is 9.97 Å². The average molecular weight is 421 g/mol. The summed E-state index contributed by atoms with van der Waals surface area (Å²) in [7, 11) is 0. The Morgan fingerprint density at radius 1 is 1.19 bits per heavy atom. The third kappa shape index (κ3) is 3.70. The molecular formula is C16H22ClIN2O. The molecule has 0 aromatic carbocycles. The van der Waals surface area contributed by atoms with Gasteiger partial charge in [0, 0.05) is 12.5 Å². The fraction of sp³-hybridized carbons (Fsp3) is 0.750. The van der Waals surface area contributed by atoms with Crippen LogP contribution in [0.25, 0.3) is 0 Å². The van der Waals surface area contributed by atoms with Crippen LogP contribution in [0.1, 0.15) is 75.4 Å². The Balaban J connectivity index is 1.90. The van der Waals surface area contributed by atoms with Crippen LogP contribution < -0.4 is 0 Å². The summed E-state index contributed by atoms with van der Waals surface area (Å²) in [6.45, 7) is 2.75. The van der Waals surface area contributed by atoms with E-state index < -0.39 is 0 Å². The Morgan fingerprint density at radius 3 is 2.52 bits per heavy atom. The molecule has 116 valence electrons. The quantitative estimate of drug-likeness (QED) is 0.481. The second-order valence-corrected chi connectivity index (χ2v) is 7.56. The fourth-order valence-electron chi connectivity index (χ4n) is 3.25. The van der Waals surface area contributed by atoms with Crippen molar-refractivity contribution in [2.75, 3.05) is 6.61 Å². The predicted molar refractivity (Wildman–Crippen MR) is 92.7 cm³/mol. The van der Waals surface area contributed by atoms with Gasteiger partial charge in [0.25, 0.3) is 0 Å². The third-order valence-corrected chi connectivity index (χ3v) is 6.15. The van der Waals surface area contributed by atoms with E-state index in [1.807, 2.05) is 6.92 Å². The van der Waals surface area contributed by atoms with Crippen LogP contribution in [0.15, 0.2) is 0 Å². The van der Waals surface area contributed by atoms with Crippen molar-refractivity contribution < 1.29 is 4.74 Å². The highest BCUT2D eigenvalue weighted by molar-refractivity contribution is 14.1. The van der Waals surface area contributed by atoms with Gasteiger partial charge in [0.2, 0.25) is 0 Å². The highest BCUT2D eigenvalue weighted by Crippen LogP contribution is 2.43. The molecule has 0 bridgehead atoms. The van der Waals surface area contributed by atoms with Crippen LogP contribution >= 0.6 is 34.2 Å². The van der Waals surface area contributed by atoms with Gasteiger partial charge in [-0.2, -0.15) is 0 Å². The van der Waals surface area contributed by atoms with Gasteiger partial charge >= 0.3 is 0 Å². The number of aromatic nitrogens is 2. The molecule has 0 N–H and O–H groups in total. The number of halogens is 2. The van der Waals surface area contributed by atoms with E-state index in [1.165, 1.54) is 44.9 Å². The van der Waals surface area contributed by atoms with Crippen LogP contribution in [0.3, 0.4) is 0 Å². The molecule has 2 saturated carbocycles. The minimum absolute atomic E-state index is 0.0160. The van der Waals surface area contributed by atoms with Crippen LogP contribution in [-0.2, 0) is 4.74 Å². The average Bonchev–Trinajstić information content (AvgIpc) is 3.33. The summed E-state index contributed by atoms with van der Waals surface area (Å²) in [5.41, 5.74) is 1.14. The topological polar surface area (TPSA) is 35.0 Å². The molecule has 0 radical (unpaired) electrons. The molecule has 1 atom stereocenters. The van der Waals surface area contributed by atoms with Gasteiger partial charge in [-0.05, 0) is 61.1 Å². The van der Waals surface area contributed by atoms with Crippen LogP contribution in [0, 0.1) is 9.49 Å². The maximum atomic E-state index is 6.36. The van der Waals surface area contributed by atoms with Crippen LogP contribution in [-0.4, -0.2) is 16.6 Å². The molecule has 1 aromatic rings. The monoisotopic (exact) mass is 420 g/mol. The second kappa shape index (κ2) is 7.09. The molecule has 0 aliphatic heterocycles. The molecule has 0 saturated heterocycles. The summed E-state index contributed by atoms with van der Waals surface area (Å²) in [6.07, 6.45) is 8.84. The summed E-state index contributed by atoms with van der Waals surface area (Å²) >= 11 is 8.64. The van der Waals surface area contributed by atoms with E-state index in [0.29, 0.717) is 23.6 Å². The lowest BCUT2D eigenvalue weighted by Crippen LogP contribution is -2.22. The highest BCUT2D eigenvalue weighted by Gasteiger charge is 2.33. The van der Waals surface area contributed by atoms with Crippen LogP contribution in [0.2, 0.25) is 5.15 Å². The molecule has 21 heavy (non-hydrogen) atoms. The lowest BCUT2D eigenvalue weighted by Gasteiger charge is -2.29. The summed E-state index contributed by atoms with van der Waals surface area (Å²) in [6, 6.07) is 0. The Bertz CT molecular complexity index is 501. The van der Waals surface area contributed by atoms with Crippen LogP contribution in [0.4, 0.5) is 0 Å². The minimum Gasteiger partial charge on any atom is -0.370 e. The molecule has 3 rings (SSSR count). The smallest absolute Gasteiger partial charge is 0.159 e. The van der Waals surface area contributed by atoms with Gasteiger partial charge < -0.3 is 4.74 Å². The Morgan fingerprint density at radius 2 is 1.90 bits per heavy atom. The van der Waals surface area contributed by atoms with Gasteiger partial charge in [0.15, 0.2) is 5.82 Å². The maximum absolute atomic E-state index is 6.36. The molecular weight excluding hydrogens is 399 g/mol. The number of hydrogen-bond acceptors (Lipinski definition) is 3. The molecule has 2 fully saturated rings. The second-order valence-electron chi connectivity index (χ2n) is 6.12. The Labute approximate surface area is 145 Å². The summed E-state index contributed by atoms with van der Waals surface area (Å²) in [5, 5.41) is 0.600. The largest absolute Gasteiger partial charge is 0.370 e. The molecule has 3 nitrogen and oxygen atoms in total. The lowest BCUT2D eigenvalue weighted by molar-refractivity contribution is -0.000346. The van der Waals surface area contributed by atoms with Gasteiger partial charge in [0.1, 0.15) is 11.3 Å². The zero-order valence-electron chi connectivity index (χ0n) is 12.4. The normalized spacial score (nSPS) is 21.5. The SMILES string of the molecule is CCOC(c1nc(Cl)c(I)c(C2CC2)n1)C1CCCCC1. The van der Waals surface area contributed by atoms with Gasteiger partial charge in [0.05, 0.1) is 9.26 Å². The van der Waals surface area contributed by atoms with Crippen molar-refractivity contribution in [3.05, 3.63) is 20.2 Å². The first-order valence-corrected chi connectivity index (χ1v) is 9.50. The van der Waals surface area contributed by atoms with E-state index in [9.17, 15) is 0 Å². The van der Waals surface area contributed by atoms with Crippen molar-refractivity contribution in [1.29, 1.82) is 0 Å². The molecule has 1 unspecified atom stereocenters. The predicted octanol–water partition coefficient (Wildman–Crippen LogP) is 5.27. The first kappa shape index (κ1) is 15.9. The minimum atomic E-state index is 0.0160. The molecule has 2 aliphatic rings. The standard InChI is InChI=1S/C16H22ClIN2O/c1-2-21-14(11-6-4-3-5-7-11)16-19-13(10-8-9-10)12(18)15(17)20-16/h10-11,14H,2-9H2,1H3. The number of rotatable bonds is 5. The first-order valence-electron chi connectivity index (χ1n) is 8.05. The molecule has 1 heterocycles. The molecule has 5 heteroatoms. The van der Waals surface area contributed by atoms with Gasteiger partial charge in [-0.3, -0.25) is 0 Å². The first-order chi connectivity index (χ1) is 10.2. The lowest BCUT2D eigenvalue weighted by atomic mass is 9.85. The van der Waals surface area contributed by atoms with E-state index in [2.05, 4.69) is 27.6 Å². The molecule has 0 spiro atoms. The van der Waals surface area contributed by atoms with Gasteiger partial charge in [-0.15, -0.1) is 0 Å². The maximum Gasteiger partial charge on any atom is 0.159 e. The van der Waals surface area contributed by atoms with Crippen molar-refractivity contribution in [2.45, 2.75) is 63.9 Å². The van der Waals surface area contributed by atoms with E-state index in [-0.39, 0.29) is 6.10 Å². The van der Waals surface area contributed by atoms with E-state index in [4.69, 9.17) is 21.3 Å². The number of nitrogens with zero attached hydrogens (tertiary/aromatic N) is 2. The number of hydrogen-bond donors (Lipinski definition) is 0. The summed E-state index contributed by atoms with van der Waals surface area (Å²) in [4.78, 5) is 9.42. The Hall–Kier alpha value is 0.0600. The van der Waals surface area contributed by atoms with Crippen molar-refractivity contribution >= 4 is 34.2 Å².